The fourth-order valence-electron chi connectivity index (χ4n) is 7.95. The fraction of sp³-hybridized carbons (Fsp3) is 0.438. The van der Waals surface area contributed by atoms with E-state index >= 15 is 0 Å². The minimum Gasteiger partial charge on any atom is -0.507 e. The summed E-state index contributed by atoms with van der Waals surface area (Å²) < 4.78 is 2.46. The molecule has 52 heavy (non-hydrogen) atoms. The molecule has 4 heteroatoms. The number of aliphatic hydroxyl groups is 2. The zero-order valence-electron chi connectivity index (χ0n) is 33.2. The topological polar surface area (TPSA) is 46.7 Å². The molecule has 0 heterocycles. The Morgan fingerprint density at radius 1 is 0.692 bits per heavy atom. The van der Waals surface area contributed by atoms with E-state index in [-0.39, 0.29) is 5.76 Å². The van der Waals surface area contributed by atoms with Crippen molar-refractivity contribution < 1.29 is 14.8 Å². The smallest absolute Gasteiger partial charge is 0.208 e. The van der Waals surface area contributed by atoms with Gasteiger partial charge in [0.25, 0.3) is 0 Å². The van der Waals surface area contributed by atoms with Crippen LogP contribution < -0.4 is 4.90 Å². The van der Waals surface area contributed by atoms with E-state index < -0.39 is 6.10 Å². The van der Waals surface area contributed by atoms with E-state index in [4.69, 9.17) is 0 Å². The van der Waals surface area contributed by atoms with Gasteiger partial charge in [-0.25, -0.2) is 0 Å². The molecule has 0 saturated carbocycles. The third-order valence-corrected chi connectivity index (χ3v) is 11.3. The van der Waals surface area contributed by atoms with Gasteiger partial charge >= 0.3 is 0 Å². The monoisotopic (exact) mass is 699 g/mol. The summed E-state index contributed by atoms with van der Waals surface area (Å²) in [6.07, 6.45) is 17.2. The summed E-state index contributed by atoms with van der Waals surface area (Å²) in [5, 5.41) is 22.9. The Balaban J connectivity index is 1.43. The molecule has 0 spiro atoms. The first-order chi connectivity index (χ1) is 25.1. The standard InChI is InChI=1S/C48H62N2O2/c1-9-13-15-37(11-3)31-49(43-27-17-33(5)29-35(43)7)41-23-19-39(20-24-41)45-47(51)46(48(45)52)40-21-25-42(26-22-40)50(32-38(12-4)16-14-10-2)44-28-18-34(6)30-36(44)8/h17-30,37-38,47,51H,9-16,31-32H2,1-8H3/p+1. The average molecular weight is 700 g/mol. The van der Waals surface area contributed by atoms with Crippen molar-refractivity contribution in [2.45, 2.75) is 113 Å². The maximum Gasteiger partial charge on any atom is 0.208 e. The highest BCUT2D eigenvalue weighted by Crippen LogP contribution is 2.43. The van der Waals surface area contributed by atoms with Crippen molar-refractivity contribution in [3.05, 3.63) is 130 Å². The van der Waals surface area contributed by atoms with Gasteiger partial charge in [-0.3, -0.25) is 0 Å². The zero-order chi connectivity index (χ0) is 37.4. The lowest BCUT2D eigenvalue weighted by Crippen LogP contribution is -2.28. The quantitative estimate of drug-likeness (QED) is 0.146. The molecule has 0 saturated heterocycles. The van der Waals surface area contributed by atoms with Gasteiger partial charge in [-0.05, 0) is 106 Å². The number of aryl methyl sites for hydroxylation is 4. The van der Waals surface area contributed by atoms with Gasteiger partial charge in [0.2, 0.25) is 11.4 Å². The minimum atomic E-state index is -0.848. The summed E-state index contributed by atoms with van der Waals surface area (Å²) in [4.78, 5) is 2.46. The molecular weight excluding hydrogens is 637 g/mol. The largest absolute Gasteiger partial charge is 0.507 e. The highest BCUT2D eigenvalue weighted by Gasteiger charge is 2.37. The van der Waals surface area contributed by atoms with Crippen LogP contribution >= 0.6 is 0 Å². The summed E-state index contributed by atoms with van der Waals surface area (Å²) in [5.74, 6) is 1.39. The van der Waals surface area contributed by atoms with Crippen LogP contribution in [0.5, 0.6) is 0 Å². The molecule has 276 valence electrons. The molecule has 0 aromatic heterocycles. The van der Waals surface area contributed by atoms with Gasteiger partial charge in [0.1, 0.15) is 11.9 Å². The second kappa shape index (κ2) is 18.1. The Morgan fingerprint density at radius 2 is 1.29 bits per heavy atom. The molecule has 5 rings (SSSR count). The predicted molar refractivity (Wildman–Crippen MR) is 223 cm³/mol. The third kappa shape index (κ3) is 8.89. The maximum atomic E-state index is 11.5. The lowest BCUT2D eigenvalue weighted by Gasteiger charge is -2.33. The number of rotatable bonds is 16. The molecular formula is C48H63N2O2+. The second-order valence-corrected chi connectivity index (χ2v) is 15.3. The van der Waals surface area contributed by atoms with Crippen LogP contribution in [-0.4, -0.2) is 39.7 Å². The maximum absolute atomic E-state index is 11.5. The number of hydrogen-bond acceptors (Lipinski definition) is 3. The van der Waals surface area contributed by atoms with E-state index in [1.54, 1.807) is 0 Å². The van der Waals surface area contributed by atoms with Crippen molar-refractivity contribution in [1.29, 1.82) is 0 Å². The van der Waals surface area contributed by atoms with Crippen molar-refractivity contribution in [3.63, 3.8) is 0 Å². The summed E-state index contributed by atoms with van der Waals surface area (Å²) in [5.41, 5.74) is 12.7. The summed E-state index contributed by atoms with van der Waals surface area (Å²) in [6, 6.07) is 21.8. The number of aliphatic hydroxyl groups excluding tert-OH is 2. The molecule has 0 fully saturated rings. The molecule has 3 aromatic carbocycles. The zero-order valence-corrected chi connectivity index (χ0v) is 33.2. The van der Waals surface area contributed by atoms with Gasteiger partial charge in [-0.1, -0.05) is 101 Å². The summed E-state index contributed by atoms with van der Waals surface area (Å²) in [6.45, 7) is 19.8. The molecule has 3 aromatic rings. The highest BCUT2D eigenvalue weighted by molar-refractivity contribution is 6.03. The first kappa shape index (κ1) is 39.1. The Morgan fingerprint density at radius 3 is 1.85 bits per heavy atom. The Hall–Kier alpha value is -4.15. The van der Waals surface area contributed by atoms with Crippen LogP contribution in [0.15, 0.2) is 102 Å². The van der Waals surface area contributed by atoms with Gasteiger partial charge < -0.3 is 15.1 Å². The van der Waals surface area contributed by atoms with E-state index in [1.807, 2.05) is 0 Å². The average Bonchev–Trinajstić information content (AvgIpc) is 3.13. The number of unbranched alkanes of at least 4 members (excludes halogenated alkanes) is 2. The molecule has 0 radical (unpaired) electrons. The van der Waals surface area contributed by atoms with Crippen LogP contribution in [0, 0.1) is 39.5 Å². The fourth-order valence-corrected chi connectivity index (χ4v) is 7.95. The van der Waals surface area contributed by atoms with Gasteiger partial charge in [-0.2, -0.15) is 4.58 Å². The van der Waals surface area contributed by atoms with Crippen molar-refractivity contribution >= 4 is 28.3 Å². The number of anilines is 2. The molecule has 2 aliphatic carbocycles. The van der Waals surface area contributed by atoms with Gasteiger partial charge in [0, 0.05) is 58.8 Å². The van der Waals surface area contributed by atoms with Gasteiger partial charge in [0.15, 0.2) is 6.54 Å². The van der Waals surface area contributed by atoms with Crippen LogP contribution in [0.4, 0.5) is 17.1 Å². The molecule has 4 nitrogen and oxygen atoms in total. The summed E-state index contributed by atoms with van der Waals surface area (Å²) in [7, 11) is 0. The second-order valence-electron chi connectivity index (χ2n) is 15.3. The first-order valence-electron chi connectivity index (χ1n) is 20.0. The molecule has 3 unspecified atom stereocenters. The number of allylic oxidation sites excluding steroid dienone is 5. The number of nitrogens with zero attached hydrogens (tertiary/aromatic N) is 2. The van der Waals surface area contributed by atoms with Crippen molar-refractivity contribution in [1.82, 2.24) is 0 Å². The summed E-state index contributed by atoms with van der Waals surface area (Å²) >= 11 is 0. The van der Waals surface area contributed by atoms with E-state index in [0.29, 0.717) is 23.0 Å². The Bertz CT molecular complexity index is 1840. The Kier molecular flexibility index (Phi) is 13.6. The third-order valence-electron chi connectivity index (χ3n) is 11.3. The van der Waals surface area contributed by atoms with E-state index in [1.165, 1.54) is 72.2 Å². The molecule has 2 N–H and O–H groups in total. The van der Waals surface area contributed by atoms with Gasteiger partial charge in [-0.15, -0.1) is 0 Å². The SMILES string of the molecule is CCCCC(CC)CN(c1ccc(C2=C(O)C(=C3C=CC(=[N+](CC(CC)CCCC)c4ccc(C)cc4C)C=C3)C2O)cc1)c1ccc(C)cc1C. The minimum absolute atomic E-state index is 0.182. The van der Waals surface area contributed by atoms with Crippen LogP contribution in [0.25, 0.3) is 5.57 Å². The Labute approximate surface area is 314 Å². The molecule has 3 atom stereocenters. The first-order valence-corrected chi connectivity index (χ1v) is 20.0. The van der Waals surface area contributed by atoms with Crippen molar-refractivity contribution in [2.75, 3.05) is 18.0 Å². The molecule has 0 aliphatic heterocycles. The van der Waals surface area contributed by atoms with Crippen LogP contribution in [0.2, 0.25) is 0 Å². The number of hydrogen-bond donors (Lipinski definition) is 2. The van der Waals surface area contributed by atoms with Crippen LogP contribution in [0.1, 0.15) is 107 Å². The normalized spacial score (nSPS) is 16.7. The molecule has 0 amide bonds. The van der Waals surface area contributed by atoms with E-state index in [0.717, 1.165) is 48.5 Å². The number of benzene rings is 3. The molecule has 0 bridgehead atoms. The molecule has 2 aliphatic rings. The van der Waals surface area contributed by atoms with E-state index in [2.05, 4.69) is 150 Å². The van der Waals surface area contributed by atoms with Crippen molar-refractivity contribution in [2.24, 2.45) is 11.8 Å². The highest BCUT2D eigenvalue weighted by atomic mass is 16.3. The van der Waals surface area contributed by atoms with Crippen LogP contribution in [-0.2, 0) is 0 Å². The van der Waals surface area contributed by atoms with E-state index in [9.17, 15) is 10.2 Å². The van der Waals surface area contributed by atoms with Crippen molar-refractivity contribution in [3.8, 4) is 0 Å². The van der Waals surface area contributed by atoms with Crippen LogP contribution in [0.3, 0.4) is 0 Å². The van der Waals surface area contributed by atoms with Gasteiger partial charge in [0.05, 0.1) is 0 Å². The lowest BCUT2D eigenvalue weighted by molar-refractivity contribution is -0.449. The lowest BCUT2D eigenvalue weighted by atomic mass is 9.78. The predicted octanol–water partition coefficient (Wildman–Crippen LogP) is 12.3.